The van der Waals surface area contributed by atoms with E-state index in [2.05, 4.69) is 17.2 Å². The van der Waals surface area contributed by atoms with Crippen LogP contribution < -0.4 is 29.5 Å². The largest absolute Gasteiger partial charge is 0.325 e. The van der Waals surface area contributed by atoms with Crippen LogP contribution >= 0.6 is 0 Å². The Hall–Kier alpha value is -2.22. The van der Waals surface area contributed by atoms with Gasteiger partial charge < -0.3 is 17.2 Å². The van der Waals surface area contributed by atoms with Gasteiger partial charge in [-0.1, -0.05) is 54.6 Å². The normalized spacial score (nSPS) is 9.31. The van der Waals surface area contributed by atoms with Crippen molar-refractivity contribution in [3.63, 3.8) is 0 Å². The molecule has 8 heteroatoms. The van der Waals surface area contributed by atoms with Gasteiger partial charge in [0.05, 0.1) is 0 Å². The van der Waals surface area contributed by atoms with Crippen LogP contribution in [0.2, 0.25) is 0 Å². The summed E-state index contributed by atoms with van der Waals surface area (Å²) in [5, 5.41) is 0. The zero-order chi connectivity index (χ0) is 19.8. The SMILES string of the molecule is O=[As]([O-])([O-])[O-].[NH3+]c1ccccc1.[NH3+]c1ccccc1.[NH3+]c1ccccc1. The van der Waals surface area contributed by atoms with Crippen molar-refractivity contribution in [2.45, 2.75) is 0 Å². The molecule has 0 unspecified atom stereocenters. The van der Waals surface area contributed by atoms with Crippen LogP contribution in [-0.4, -0.2) is 14.5 Å². The van der Waals surface area contributed by atoms with Gasteiger partial charge in [-0.15, -0.1) is 0 Å². The first-order valence-electron chi connectivity index (χ1n) is 7.52. The van der Waals surface area contributed by atoms with Crippen LogP contribution in [-0.2, 0) is 3.74 Å². The number of benzene rings is 3. The quantitative estimate of drug-likeness (QED) is 0.345. The second-order valence-electron chi connectivity index (χ2n) is 4.90. The average molecular weight is 421 g/mol. The van der Waals surface area contributed by atoms with E-state index in [1.807, 2.05) is 91.0 Å². The zero-order valence-electron chi connectivity index (χ0n) is 14.4. The molecule has 0 fully saturated rings. The van der Waals surface area contributed by atoms with Crippen molar-refractivity contribution in [1.82, 2.24) is 0 Å². The Labute approximate surface area is 156 Å². The topological polar surface area (TPSA) is 169 Å². The average Bonchev–Trinajstić information content (AvgIpc) is 2.57. The van der Waals surface area contributed by atoms with Crippen molar-refractivity contribution < 1.29 is 33.2 Å². The number of quaternary nitrogens is 3. The van der Waals surface area contributed by atoms with Crippen LogP contribution in [0.4, 0.5) is 17.1 Å². The molecule has 0 radical (unpaired) electrons. The molecule has 3 aromatic rings. The third-order valence-electron chi connectivity index (χ3n) is 2.53. The van der Waals surface area contributed by atoms with Gasteiger partial charge in [0.15, 0.2) is 0 Å². The monoisotopic (exact) mass is 421 g/mol. The first-order chi connectivity index (χ1) is 12.2. The second-order valence-corrected chi connectivity index (χ2v) is 6.78. The van der Waals surface area contributed by atoms with Crippen LogP contribution in [0.25, 0.3) is 0 Å². The Morgan fingerprint density at radius 2 is 0.654 bits per heavy atom. The van der Waals surface area contributed by atoms with Crippen LogP contribution in [0.1, 0.15) is 0 Å². The Morgan fingerprint density at radius 1 is 0.500 bits per heavy atom. The van der Waals surface area contributed by atoms with Crippen molar-refractivity contribution >= 4 is 31.6 Å². The molecule has 0 spiro atoms. The summed E-state index contributed by atoms with van der Waals surface area (Å²) in [4.78, 5) is 0. The molecule has 7 nitrogen and oxygen atoms in total. The van der Waals surface area contributed by atoms with Crippen LogP contribution in [0.15, 0.2) is 91.0 Å². The van der Waals surface area contributed by atoms with Gasteiger partial charge in [-0.3, -0.25) is 0 Å². The molecule has 0 aliphatic carbocycles. The Balaban J connectivity index is 0.000000324. The fourth-order valence-electron chi connectivity index (χ4n) is 1.43. The minimum Gasteiger partial charge on any atom is -0.325 e. The van der Waals surface area contributed by atoms with Gasteiger partial charge >= 0.3 is 30.5 Å². The molecule has 3 aromatic carbocycles. The molecule has 0 bridgehead atoms. The first-order valence-corrected chi connectivity index (χ1v) is 10.6. The maximum absolute atomic E-state index is 8.61. The van der Waals surface area contributed by atoms with E-state index in [-0.39, 0.29) is 0 Å². The summed E-state index contributed by atoms with van der Waals surface area (Å²) in [6.07, 6.45) is 0. The zero-order valence-corrected chi connectivity index (χ0v) is 16.2. The molecule has 0 amide bonds. The summed E-state index contributed by atoms with van der Waals surface area (Å²) in [7, 11) is 0. The third-order valence-corrected chi connectivity index (χ3v) is 2.53. The molecular weight excluding hydrogens is 397 g/mol. The van der Waals surface area contributed by atoms with Crippen LogP contribution in [0, 0.1) is 0 Å². The van der Waals surface area contributed by atoms with E-state index in [0.717, 1.165) is 17.1 Å². The summed E-state index contributed by atoms with van der Waals surface area (Å²) in [5.41, 5.74) is 14.4. The Morgan fingerprint density at radius 3 is 0.731 bits per heavy atom. The van der Waals surface area contributed by atoms with Gasteiger partial charge in [0, 0.05) is 0 Å². The molecule has 140 valence electrons. The molecule has 0 heterocycles. The molecule has 26 heavy (non-hydrogen) atoms. The van der Waals surface area contributed by atoms with E-state index >= 15 is 0 Å². The summed E-state index contributed by atoms with van der Waals surface area (Å²) in [6.45, 7) is 0. The second kappa shape index (κ2) is 14.0. The van der Waals surface area contributed by atoms with E-state index in [4.69, 9.17) is 16.0 Å². The summed E-state index contributed by atoms with van der Waals surface area (Å²) in [6, 6.07) is 29.6. The summed E-state index contributed by atoms with van der Waals surface area (Å²) in [5.74, 6) is 0. The predicted octanol–water partition coefficient (Wildman–Crippen LogP) is -2.39. The predicted molar refractivity (Wildman–Crippen MR) is 93.4 cm³/mol. The van der Waals surface area contributed by atoms with Gasteiger partial charge in [-0.05, 0) is 36.4 Å². The molecular formula is C18H24AsN3O4. The number of hydrogen-bond donors (Lipinski definition) is 3. The van der Waals surface area contributed by atoms with Gasteiger partial charge in [-0.2, -0.15) is 0 Å². The van der Waals surface area contributed by atoms with E-state index in [9.17, 15) is 0 Å². The van der Waals surface area contributed by atoms with Crippen molar-refractivity contribution in [3.05, 3.63) is 91.0 Å². The molecule has 0 saturated heterocycles. The molecule has 0 aromatic heterocycles. The van der Waals surface area contributed by atoms with E-state index in [1.54, 1.807) is 0 Å². The smallest absolute Gasteiger partial charge is 0.127 e. The summed E-state index contributed by atoms with van der Waals surface area (Å²) < 4.78 is 34.4. The Bertz CT molecular complexity index is 641. The van der Waals surface area contributed by atoms with Gasteiger partial charge in [0.2, 0.25) is 0 Å². The number of hydrogen-bond acceptors (Lipinski definition) is 4. The molecule has 0 aliphatic heterocycles. The molecule has 0 saturated carbocycles. The minimum atomic E-state index is -5.88. The van der Waals surface area contributed by atoms with Crippen molar-refractivity contribution in [2.75, 3.05) is 0 Å². The van der Waals surface area contributed by atoms with Crippen molar-refractivity contribution in [3.8, 4) is 0 Å². The van der Waals surface area contributed by atoms with E-state index in [1.165, 1.54) is 0 Å². The van der Waals surface area contributed by atoms with Crippen LogP contribution in [0.5, 0.6) is 0 Å². The molecule has 9 N–H and O–H groups in total. The fraction of sp³-hybridized carbons (Fsp3) is 0. The first kappa shape index (κ1) is 23.8. The standard InChI is InChI=1S/3C6H7N.AsH3O4/c3*7-6-4-2-1-3-5-6;2-1(3,4)5/h3*1-5H,7H2;(H3,2,3,4,5). The van der Waals surface area contributed by atoms with E-state index in [0.29, 0.717) is 0 Å². The maximum Gasteiger partial charge on any atom is 0.127 e. The van der Waals surface area contributed by atoms with E-state index < -0.39 is 14.5 Å². The maximum atomic E-state index is 8.61. The fourth-order valence-corrected chi connectivity index (χ4v) is 1.43. The third kappa shape index (κ3) is 19.8. The molecule has 3 rings (SSSR count). The summed E-state index contributed by atoms with van der Waals surface area (Å²) >= 11 is -5.88. The van der Waals surface area contributed by atoms with Crippen LogP contribution in [0.3, 0.4) is 0 Å². The number of rotatable bonds is 0. The van der Waals surface area contributed by atoms with Gasteiger partial charge in [-0.25, -0.2) is 0 Å². The molecule has 0 aliphatic rings. The van der Waals surface area contributed by atoms with Gasteiger partial charge in [0.25, 0.3) is 0 Å². The van der Waals surface area contributed by atoms with Gasteiger partial charge in [0.1, 0.15) is 17.1 Å². The van der Waals surface area contributed by atoms with Crippen molar-refractivity contribution in [1.29, 1.82) is 0 Å². The van der Waals surface area contributed by atoms with Crippen molar-refractivity contribution in [2.24, 2.45) is 0 Å². The molecule has 0 atom stereocenters. The Kier molecular flexibility index (Phi) is 12.8. The minimum absolute atomic E-state index is 1.07.